The lowest BCUT2D eigenvalue weighted by atomic mass is 9.54. The Morgan fingerprint density at radius 1 is 1.03 bits per heavy atom. The molecule has 4 aliphatic rings. The lowest BCUT2D eigenvalue weighted by molar-refractivity contribution is -0.123. The fraction of sp³-hybridized carbons (Fsp3) is 0.652. The summed E-state index contributed by atoms with van der Waals surface area (Å²) in [6, 6.07) is 5.50. The highest BCUT2D eigenvalue weighted by Crippen LogP contribution is 2.53. The second-order valence-electron chi connectivity index (χ2n) is 9.31. The van der Waals surface area contributed by atoms with Crippen LogP contribution in [-0.2, 0) is 4.79 Å². The van der Waals surface area contributed by atoms with Crippen molar-refractivity contribution in [3.05, 3.63) is 23.8 Å². The highest BCUT2D eigenvalue weighted by molar-refractivity contribution is 5.95. The van der Waals surface area contributed by atoms with Gasteiger partial charge in [-0.25, -0.2) is 0 Å². The van der Waals surface area contributed by atoms with Gasteiger partial charge in [0.1, 0.15) is 0 Å². The number of carbonyl (C=O) groups excluding carboxylic acids is 2. The van der Waals surface area contributed by atoms with Gasteiger partial charge in [0.05, 0.1) is 7.11 Å². The van der Waals surface area contributed by atoms with Crippen LogP contribution in [0.3, 0.4) is 0 Å². The summed E-state index contributed by atoms with van der Waals surface area (Å²) in [5, 5.41) is 6.10. The van der Waals surface area contributed by atoms with E-state index in [9.17, 15) is 9.59 Å². The molecular formula is C23H32N2O4. The number of nitrogens with one attached hydrogen (secondary N) is 2. The zero-order valence-corrected chi connectivity index (χ0v) is 17.6. The van der Waals surface area contributed by atoms with Crippen LogP contribution in [0.1, 0.15) is 56.3 Å². The second-order valence-corrected chi connectivity index (χ2v) is 9.31. The Balaban J connectivity index is 1.39. The van der Waals surface area contributed by atoms with E-state index in [1.165, 1.54) is 39.2 Å². The van der Waals surface area contributed by atoms with Crippen LogP contribution in [0.15, 0.2) is 18.2 Å². The highest BCUT2D eigenvalue weighted by atomic mass is 16.5. The van der Waals surface area contributed by atoms with Gasteiger partial charge in [0.25, 0.3) is 11.8 Å². The summed E-state index contributed by atoms with van der Waals surface area (Å²) >= 11 is 0. The van der Waals surface area contributed by atoms with Crippen molar-refractivity contribution in [3.63, 3.8) is 0 Å². The van der Waals surface area contributed by atoms with Crippen molar-refractivity contribution in [1.29, 1.82) is 0 Å². The van der Waals surface area contributed by atoms with E-state index >= 15 is 0 Å². The first-order valence-electron chi connectivity index (χ1n) is 10.8. The number of hydrogen-bond donors (Lipinski definition) is 2. The largest absolute Gasteiger partial charge is 0.493 e. The molecule has 0 unspecified atom stereocenters. The fourth-order valence-electron chi connectivity index (χ4n) is 5.83. The molecule has 0 atom stereocenters. The van der Waals surface area contributed by atoms with Crippen molar-refractivity contribution in [3.8, 4) is 11.5 Å². The van der Waals surface area contributed by atoms with Gasteiger partial charge in [0.2, 0.25) is 0 Å². The molecule has 0 heterocycles. The normalized spacial score (nSPS) is 29.6. The molecule has 2 amide bonds. The average Bonchev–Trinajstić information content (AvgIpc) is 2.67. The van der Waals surface area contributed by atoms with Gasteiger partial charge >= 0.3 is 0 Å². The monoisotopic (exact) mass is 400 g/mol. The number of carbonyl (C=O) groups is 2. The maximum Gasteiger partial charge on any atom is 0.258 e. The van der Waals surface area contributed by atoms with E-state index < -0.39 is 0 Å². The van der Waals surface area contributed by atoms with Gasteiger partial charge in [0, 0.05) is 17.6 Å². The van der Waals surface area contributed by atoms with Gasteiger partial charge < -0.3 is 20.1 Å². The standard InChI is InChI=1S/C23H32N2O4/c1-13(2)24-21(26)12-29-19-5-4-16(11-20(19)28-3)23(27)25-22-17-7-14-6-15(9-17)10-18(22)8-14/h4-5,11,13-15,17-18,22H,6-10,12H2,1-3H3,(H,24,26)(H,25,27). The van der Waals surface area contributed by atoms with Crippen molar-refractivity contribution in [2.45, 2.75) is 58.0 Å². The predicted octanol–water partition coefficient (Wildman–Crippen LogP) is 3.15. The number of hydrogen-bond acceptors (Lipinski definition) is 4. The minimum Gasteiger partial charge on any atom is -0.493 e. The minimum atomic E-state index is -0.189. The number of amides is 2. The van der Waals surface area contributed by atoms with E-state index in [1.54, 1.807) is 18.2 Å². The lowest BCUT2D eigenvalue weighted by Gasteiger charge is -2.54. The molecule has 5 rings (SSSR count). The van der Waals surface area contributed by atoms with Crippen LogP contribution < -0.4 is 20.1 Å². The zero-order valence-electron chi connectivity index (χ0n) is 17.6. The zero-order chi connectivity index (χ0) is 20.5. The molecule has 0 spiro atoms. The molecule has 29 heavy (non-hydrogen) atoms. The van der Waals surface area contributed by atoms with Gasteiger partial charge in [-0.2, -0.15) is 0 Å². The maximum absolute atomic E-state index is 12.9. The summed E-state index contributed by atoms with van der Waals surface area (Å²) in [4.78, 5) is 24.7. The number of methoxy groups -OCH3 is 1. The smallest absolute Gasteiger partial charge is 0.258 e. The molecule has 158 valence electrons. The van der Waals surface area contributed by atoms with Crippen LogP contribution in [0.5, 0.6) is 11.5 Å². The third kappa shape index (κ3) is 4.36. The first kappa shape index (κ1) is 20.0. The molecule has 6 nitrogen and oxygen atoms in total. The fourth-order valence-corrected chi connectivity index (χ4v) is 5.83. The summed E-state index contributed by atoms with van der Waals surface area (Å²) < 4.78 is 11.0. The van der Waals surface area contributed by atoms with E-state index in [0.717, 1.165) is 11.8 Å². The third-order valence-corrected chi connectivity index (χ3v) is 6.76. The summed E-state index contributed by atoms with van der Waals surface area (Å²) in [6.45, 7) is 3.71. The molecule has 6 heteroatoms. The molecule has 4 fully saturated rings. The Bertz CT molecular complexity index is 748. The van der Waals surface area contributed by atoms with Gasteiger partial charge in [-0.3, -0.25) is 9.59 Å². The third-order valence-electron chi connectivity index (χ3n) is 6.76. The lowest BCUT2D eigenvalue weighted by Crippen LogP contribution is -2.55. The van der Waals surface area contributed by atoms with Gasteiger partial charge in [-0.05, 0) is 87.8 Å². The quantitative estimate of drug-likeness (QED) is 0.737. The molecule has 4 aliphatic carbocycles. The van der Waals surface area contributed by atoms with Crippen LogP contribution in [0.2, 0.25) is 0 Å². The van der Waals surface area contributed by atoms with Crippen LogP contribution in [-0.4, -0.2) is 37.6 Å². The van der Waals surface area contributed by atoms with Crippen LogP contribution in [0.25, 0.3) is 0 Å². The molecule has 0 radical (unpaired) electrons. The summed E-state index contributed by atoms with van der Waals surface area (Å²) in [5.41, 5.74) is 0.564. The van der Waals surface area contributed by atoms with Crippen molar-refractivity contribution in [2.24, 2.45) is 23.7 Å². The molecule has 0 aromatic heterocycles. The van der Waals surface area contributed by atoms with E-state index in [2.05, 4.69) is 10.6 Å². The van der Waals surface area contributed by atoms with Gasteiger partial charge in [0.15, 0.2) is 18.1 Å². The van der Waals surface area contributed by atoms with Crippen LogP contribution in [0.4, 0.5) is 0 Å². The van der Waals surface area contributed by atoms with Crippen molar-refractivity contribution in [1.82, 2.24) is 10.6 Å². The average molecular weight is 401 g/mol. The van der Waals surface area contributed by atoms with Crippen molar-refractivity contribution >= 4 is 11.8 Å². The molecule has 2 N–H and O–H groups in total. The molecule has 0 saturated heterocycles. The van der Waals surface area contributed by atoms with E-state index in [4.69, 9.17) is 9.47 Å². The summed E-state index contributed by atoms with van der Waals surface area (Å²) in [7, 11) is 1.54. The Morgan fingerprint density at radius 2 is 1.69 bits per heavy atom. The molecule has 4 bridgehead atoms. The summed E-state index contributed by atoms with van der Waals surface area (Å²) in [6.07, 6.45) is 6.49. The maximum atomic E-state index is 12.9. The van der Waals surface area contributed by atoms with Crippen molar-refractivity contribution < 1.29 is 19.1 Å². The second kappa shape index (κ2) is 8.25. The van der Waals surface area contributed by atoms with Crippen LogP contribution >= 0.6 is 0 Å². The Kier molecular flexibility index (Phi) is 5.70. The van der Waals surface area contributed by atoms with Crippen LogP contribution in [0, 0.1) is 23.7 Å². The van der Waals surface area contributed by atoms with E-state index in [1.807, 2.05) is 13.8 Å². The molecule has 4 saturated carbocycles. The Morgan fingerprint density at radius 3 is 2.28 bits per heavy atom. The minimum absolute atomic E-state index is 0.0510. The first-order chi connectivity index (χ1) is 13.9. The summed E-state index contributed by atoms with van der Waals surface area (Å²) in [5.74, 6) is 3.72. The topological polar surface area (TPSA) is 76.7 Å². The molecule has 1 aromatic carbocycles. The first-order valence-corrected chi connectivity index (χ1v) is 10.8. The van der Waals surface area contributed by atoms with Gasteiger partial charge in [-0.1, -0.05) is 0 Å². The molecular weight excluding hydrogens is 368 g/mol. The number of rotatable bonds is 7. The van der Waals surface area contributed by atoms with Crippen molar-refractivity contribution in [2.75, 3.05) is 13.7 Å². The Hall–Kier alpha value is -2.24. The molecule has 1 aromatic rings. The van der Waals surface area contributed by atoms with E-state index in [-0.39, 0.29) is 24.5 Å². The van der Waals surface area contributed by atoms with E-state index in [0.29, 0.717) is 34.9 Å². The molecule has 0 aliphatic heterocycles. The van der Waals surface area contributed by atoms with Gasteiger partial charge in [-0.15, -0.1) is 0 Å². The SMILES string of the molecule is COc1cc(C(=O)NC2C3CC4CC(C3)CC2C4)ccc1OCC(=O)NC(C)C. The number of benzene rings is 1. The Labute approximate surface area is 172 Å². The highest BCUT2D eigenvalue weighted by Gasteiger charge is 2.48. The predicted molar refractivity (Wildman–Crippen MR) is 110 cm³/mol. The number of ether oxygens (including phenoxy) is 2.